The Bertz CT molecular complexity index is 316. The first-order chi connectivity index (χ1) is 10.2. The maximum atomic E-state index is 5.39. The summed E-state index contributed by atoms with van der Waals surface area (Å²) in [6, 6.07) is 0. The Labute approximate surface area is 153 Å². The Hall–Kier alpha value is 1.24. The zero-order valence-electron chi connectivity index (χ0n) is 11.7. The fraction of sp³-hybridized carbons (Fsp3) is 0.800. The zero-order valence-corrected chi connectivity index (χ0v) is 18.8. The molecule has 4 N–H and O–H groups in total. The molecule has 0 aromatic heterocycles. The molecule has 0 spiro atoms. The molecule has 0 aliphatic carbocycles. The van der Waals surface area contributed by atoms with Crippen LogP contribution in [0.2, 0.25) is 0 Å². The number of thiocarbonyl (C=S) groups is 2. The van der Waals surface area contributed by atoms with Gasteiger partial charge in [0.2, 0.25) is 0 Å². The first-order valence-corrected chi connectivity index (χ1v) is 18.8. The van der Waals surface area contributed by atoms with Crippen molar-refractivity contribution in [2.45, 2.75) is 0 Å². The van der Waals surface area contributed by atoms with Gasteiger partial charge in [0, 0.05) is 0 Å². The molecule has 2 rings (SSSR count). The van der Waals surface area contributed by atoms with E-state index < -0.39 is 21.2 Å². The Morgan fingerprint density at radius 2 is 1.19 bits per heavy atom. The summed E-state index contributed by atoms with van der Waals surface area (Å²) >= 11 is 9.84. The number of hydrogen-bond acceptors (Lipinski definition) is 8. The summed E-state index contributed by atoms with van der Waals surface area (Å²) in [6.07, 6.45) is 0. The summed E-state index contributed by atoms with van der Waals surface area (Å²) in [4.78, 5) is 0. The van der Waals surface area contributed by atoms with E-state index in [-0.39, 0.29) is 0 Å². The van der Waals surface area contributed by atoms with Crippen molar-refractivity contribution in [2.75, 3.05) is 52.4 Å². The number of nitrogens with zero attached hydrogens (tertiary/aromatic N) is 2. The van der Waals surface area contributed by atoms with Crippen LogP contribution in [0.25, 0.3) is 0 Å². The molecule has 2 saturated heterocycles. The molecule has 11 heteroatoms. The fourth-order valence-electron chi connectivity index (χ4n) is 1.95. The number of hydrazine groups is 2. The summed E-state index contributed by atoms with van der Waals surface area (Å²) in [5, 5.41) is 11.0. The molecule has 0 amide bonds. The molecule has 0 saturated carbocycles. The third kappa shape index (κ3) is 8.06. The van der Waals surface area contributed by atoms with Crippen LogP contribution in [0.15, 0.2) is 0 Å². The standard InChI is InChI=1S/2C5H11N3S2.Pb/c2*9-5(10)7-8-3-1-6-2-4-8;/h2*6H,1-4H2,(H2,7,9,10);/q;;+2/p-2. The quantitative estimate of drug-likeness (QED) is 0.265. The molecule has 6 nitrogen and oxygen atoms in total. The first-order valence-electron chi connectivity index (χ1n) is 6.85. The minimum atomic E-state index is -0.941. The zero-order chi connectivity index (χ0) is 14.9. The van der Waals surface area contributed by atoms with Crippen LogP contribution >= 0.6 is 41.1 Å². The van der Waals surface area contributed by atoms with Gasteiger partial charge in [-0.25, -0.2) is 0 Å². The van der Waals surface area contributed by atoms with Gasteiger partial charge in [-0.15, -0.1) is 0 Å². The van der Waals surface area contributed by atoms with E-state index in [1.165, 1.54) is 0 Å². The van der Waals surface area contributed by atoms with Crippen LogP contribution in [0.5, 0.6) is 0 Å². The maximum absolute atomic E-state index is 5.39. The second kappa shape index (κ2) is 10.9. The monoisotopic (exact) mass is 560 g/mol. The van der Waals surface area contributed by atoms with Gasteiger partial charge in [-0.2, -0.15) is 0 Å². The van der Waals surface area contributed by atoms with E-state index in [4.69, 9.17) is 24.4 Å². The molecule has 2 fully saturated rings. The normalized spacial score (nSPS) is 21.0. The molecule has 2 aliphatic heterocycles. The number of piperazine rings is 2. The predicted molar refractivity (Wildman–Crippen MR) is 101 cm³/mol. The number of rotatable bonds is 4. The first kappa shape index (κ1) is 18.6. The molecule has 0 bridgehead atoms. The van der Waals surface area contributed by atoms with Gasteiger partial charge in [0.1, 0.15) is 0 Å². The van der Waals surface area contributed by atoms with Crippen molar-refractivity contribution in [3.8, 4) is 0 Å². The number of hydrogen-bond donors (Lipinski definition) is 4. The predicted octanol–water partition coefficient (Wildman–Crippen LogP) is -0.624. The van der Waals surface area contributed by atoms with Crippen molar-refractivity contribution in [1.29, 1.82) is 0 Å². The molecule has 0 aromatic rings. The Balaban J connectivity index is 1.53. The van der Waals surface area contributed by atoms with E-state index in [0.717, 1.165) is 61.0 Å². The van der Waals surface area contributed by atoms with E-state index in [0.29, 0.717) is 0 Å². The van der Waals surface area contributed by atoms with E-state index >= 15 is 0 Å². The van der Waals surface area contributed by atoms with Crippen molar-refractivity contribution >= 4 is 70.9 Å². The van der Waals surface area contributed by atoms with Crippen molar-refractivity contribution in [3.05, 3.63) is 0 Å². The minimum absolute atomic E-state index is 0.901. The van der Waals surface area contributed by atoms with Gasteiger partial charge in [0.25, 0.3) is 0 Å². The summed E-state index contributed by atoms with van der Waals surface area (Å²) in [6.45, 7) is 8.11. The van der Waals surface area contributed by atoms with E-state index in [2.05, 4.69) is 31.5 Å². The average molecular weight is 560 g/mol. The van der Waals surface area contributed by atoms with Crippen molar-refractivity contribution in [3.63, 3.8) is 0 Å². The summed E-state index contributed by atoms with van der Waals surface area (Å²) < 4.78 is 1.80. The van der Waals surface area contributed by atoms with Crippen LogP contribution in [0, 0.1) is 0 Å². The van der Waals surface area contributed by atoms with Crippen LogP contribution in [-0.2, 0) is 0 Å². The Kier molecular flexibility index (Phi) is 9.65. The summed E-state index contributed by atoms with van der Waals surface area (Å²) in [7, 11) is 3.64. The SMILES string of the molecule is S=C(NN1CCNCC1)[S][Pb][S]C(=S)NN1CCNCC1. The second-order valence-electron chi connectivity index (χ2n) is 4.56. The molecule has 0 atom stereocenters. The van der Waals surface area contributed by atoms with Crippen molar-refractivity contribution in [1.82, 2.24) is 31.5 Å². The molecule has 21 heavy (non-hydrogen) atoms. The number of nitrogens with one attached hydrogen (secondary N) is 4. The van der Waals surface area contributed by atoms with Gasteiger partial charge in [-0.05, 0) is 0 Å². The van der Waals surface area contributed by atoms with Gasteiger partial charge in [-0.3, -0.25) is 0 Å². The van der Waals surface area contributed by atoms with E-state index in [1.807, 2.05) is 16.6 Å². The van der Waals surface area contributed by atoms with Crippen LogP contribution in [-0.4, -0.2) is 92.2 Å². The molecular formula is C10H20N6PbS4. The van der Waals surface area contributed by atoms with Crippen molar-refractivity contribution in [2.24, 2.45) is 0 Å². The molecule has 2 heterocycles. The third-order valence-electron chi connectivity index (χ3n) is 3.00. The van der Waals surface area contributed by atoms with Crippen LogP contribution in [0.3, 0.4) is 0 Å². The Morgan fingerprint density at radius 3 is 1.57 bits per heavy atom. The van der Waals surface area contributed by atoms with Crippen LogP contribution in [0.1, 0.15) is 0 Å². The van der Waals surface area contributed by atoms with Crippen LogP contribution < -0.4 is 21.5 Å². The van der Waals surface area contributed by atoms with Gasteiger partial charge >= 0.3 is 155 Å². The fourth-order valence-corrected chi connectivity index (χ4v) is 16.5. The molecule has 2 radical (unpaired) electrons. The van der Waals surface area contributed by atoms with Gasteiger partial charge < -0.3 is 0 Å². The van der Waals surface area contributed by atoms with E-state index in [9.17, 15) is 0 Å². The van der Waals surface area contributed by atoms with Crippen molar-refractivity contribution < 1.29 is 0 Å². The van der Waals surface area contributed by atoms with Gasteiger partial charge in [0.05, 0.1) is 0 Å². The van der Waals surface area contributed by atoms with Crippen LogP contribution in [0.4, 0.5) is 0 Å². The average Bonchev–Trinajstić information content (AvgIpc) is 2.49. The van der Waals surface area contributed by atoms with E-state index in [1.54, 1.807) is 0 Å². The topological polar surface area (TPSA) is 54.6 Å². The second-order valence-corrected chi connectivity index (χ2v) is 18.4. The Morgan fingerprint density at radius 1 is 0.810 bits per heavy atom. The van der Waals surface area contributed by atoms with Gasteiger partial charge in [-0.1, -0.05) is 0 Å². The molecule has 0 aromatic carbocycles. The summed E-state index contributed by atoms with van der Waals surface area (Å²) in [5.41, 5.74) is 6.63. The summed E-state index contributed by atoms with van der Waals surface area (Å²) in [5.74, 6) is 0. The molecule has 2 aliphatic rings. The van der Waals surface area contributed by atoms with Gasteiger partial charge in [0.15, 0.2) is 0 Å². The molecular weight excluding hydrogens is 540 g/mol. The third-order valence-corrected chi connectivity index (χ3v) is 18.9. The molecule has 0 unspecified atom stereocenters. The molecule has 118 valence electrons.